The SMILES string of the molecule is COc1ccccc1C(=O)NCc1ccc(-c2nn(C3C(=O)OCC3[Si](C)(C)C(C)(C)C)c(N)c2C#N)cc1. The monoisotopic (exact) mass is 545 g/mol. The van der Waals surface area contributed by atoms with Gasteiger partial charge in [-0.25, -0.2) is 9.48 Å². The van der Waals surface area contributed by atoms with Gasteiger partial charge in [0.1, 0.15) is 28.9 Å². The molecule has 0 spiro atoms. The molecule has 0 radical (unpaired) electrons. The average molecular weight is 546 g/mol. The number of aromatic nitrogens is 2. The van der Waals surface area contributed by atoms with Crippen LogP contribution in [0.4, 0.5) is 5.82 Å². The molecule has 39 heavy (non-hydrogen) atoms. The van der Waals surface area contributed by atoms with Crippen LogP contribution in [0, 0.1) is 11.3 Å². The maximum atomic E-state index is 12.9. The molecule has 9 nitrogen and oxygen atoms in total. The fourth-order valence-electron chi connectivity index (χ4n) is 4.80. The molecule has 0 bridgehead atoms. The Morgan fingerprint density at radius 1 is 1.23 bits per heavy atom. The number of carbonyl (C=O) groups excluding carboxylic acids is 2. The second kappa shape index (κ2) is 10.6. The first-order valence-corrected chi connectivity index (χ1v) is 15.9. The van der Waals surface area contributed by atoms with Gasteiger partial charge in [-0.1, -0.05) is 70.3 Å². The van der Waals surface area contributed by atoms with Gasteiger partial charge in [0.05, 0.1) is 27.4 Å². The number of rotatable bonds is 7. The predicted octanol–water partition coefficient (Wildman–Crippen LogP) is 4.92. The number of para-hydroxylation sites is 1. The largest absolute Gasteiger partial charge is 0.496 e. The van der Waals surface area contributed by atoms with E-state index in [1.165, 1.54) is 11.8 Å². The number of nitrogens with zero attached hydrogens (tertiary/aromatic N) is 3. The van der Waals surface area contributed by atoms with Crippen molar-refractivity contribution in [1.29, 1.82) is 5.26 Å². The lowest BCUT2D eigenvalue weighted by Gasteiger charge is -2.42. The zero-order chi connectivity index (χ0) is 28.5. The molecule has 0 aliphatic carbocycles. The predicted molar refractivity (Wildman–Crippen MR) is 152 cm³/mol. The molecule has 1 aliphatic heterocycles. The third kappa shape index (κ3) is 5.14. The highest BCUT2D eigenvalue weighted by Crippen LogP contribution is 2.51. The average Bonchev–Trinajstić information content (AvgIpc) is 3.45. The second-order valence-electron chi connectivity index (χ2n) is 11.4. The summed E-state index contributed by atoms with van der Waals surface area (Å²) in [6.07, 6.45) is 0. The van der Waals surface area contributed by atoms with Crippen LogP contribution in [-0.4, -0.2) is 43.4 Å². The minimum absolute atomic E-state index is 0.0175. The smallest absolute Gasteiger partial charge is 0.331 e. The summed E-state index contributed by atoms with van der Waals surface area (Å²) in [5.74, 6) is 0.0587. The summed E-state index contributed by atoms with van der Waals surface area (Å²) in [7, 11) is -0.499. The molecule has 3 aromatic rings. The Hall–Kier alpha value is -4.10. The van der Waals surface area contributed by atoms with Crippen LogP contribution in [0.2, 0.25) is 23.7 Å². The first-order chi connectivity index (χ1) is 18.4. The number of amides is 1. The minimum Gasteiger partial charge on any atom is -0.496 e. The molecular weight excluding hydrogens is 510 g/mol. The number of nitrogens with two attached hydrogens (primary N) is 1. The van der Waals surface area contributed by atoms with E-state index in [1.807, 2.05) is 24.3 Å². The minimum atomic E-state index is -2.02. The lowest BCUT2D eigenvalue weighted by atomic mass is 10.1. The summed E-state index contributed by atoms with van der Waals surface area (Å²) in [6.45, 7) is 11.7. The number of hydrogen-bond acceptors (Lipinski definition) is 7. The molecule has 10 heteroatoms. The normalized spacial score (nSPS) is 17.4. The first-order valence-electron chi connectivity index (χ1n) is 12.9. The van der Waals surface area contributed by atoms with Crippen LogP contribution in [0.5, 0.6) is 5.75 Å². The summed E-state index contributed by atoms with van der Waals surface area (Å²) < 4.78 is 12.3. The van der Waals surface area contributed by atoms with Crippen LogP contribution < -0.4 is 15.8 Å². The van der Waals surface area contributed by atoms with Gasteiger partial charge in [-0.3, -0.25) is 4.79 Å². The number of anilines is 1. The molecule has 3 N–H and O–H groups in total. The topological polar surface area (TPSA) is 132 Å². The number of nitrogens with one attached hydrogen (secondary N) is 1. The number of carbonyl (C=O) groups is 2. The molecule has 2 atom stereocenters. The number of nitriles is 1. The summed E-state index contributed by atoms with van der Waals surface area (Å²) in [6, 6.07) is 15.9. The Morgan fingerprint density at radius 3 is 2.51 bits per heavy atom. The van der Waals surface area contributed by atoms with E-state index < -0.39 is 14.1 Å². The van der Waals surface area contributed by atoms with Crippen LogP contribution in [-0.2, 0) is 16.1 Å². The number of nitrogen functional groups attached to an aromatic ring is 1. The van der Waals surface area contributed by atoms with Crippen molar-refractivity contribution in [3.63, 3.8) is 0 Å². The van der Waals surface area contributed by atoms with Gasteiger partial charge in [-0.15, -0.1) is 0 Å². The Kier molecular flexibility index (Phi) is 7.57. The van der Waals surface area contributed by atoms with Gasteiger partial charge in [0.25, 0.3) is 5.91 Å². The molecule has 1 amide bonds. The number of benzene rings is 2. The molecule has 2 unspecified atom stereocenters. The zero-order valence-corrected chi connectivity index (χ0v) is 24.2. The van der Waals surface area contributed by atoms with Crippen molar-refractivity contribution in [3.8, 4) is 23.1 Å². The van der Waals surface area contributed by atoms with Crippen molar-refractivity contribution in [2.75, 3.05) is 19.5 Å². The molecular formula is C29H35N5O4Si. The van der Waals surface area contributed by atoms with Crippen LogP contribution in [0.15, 0.2) is 48.5 Å². The number of hydrogen-bond donors (Lipinski definition) is 2. The Bertz CT molecular complexity index is 1430. The number of ether oxygens (including phenoxy) is 2. The van der Waals surface area contributed by atoms with Crippen LogP contribution in [0.25, 0.3) is 11.3 Å². The first kappa shape index (κ1) is 27.9. The van der Waals surface area contributed by atoms with E-state index in [0.29, 0.717) is 35.7 Å². The van der Waals surface area contributed by atoms with E-state index in [9.17, 15) is 14.9 Å². The quantitative estimate of drug-likeness (QED) is 0.318. The van der Waals surface area contributed by atoms with Crippen molar-refractivity contribution in [2.45, 2.75) is 57.0 Å². The molecule has 0 saturated carbocycles. The highest BCUT2D eigenvalue weighted by molar-refractivity contribution is 6.82. The van der Waals surface area contributed by atoms with E-state index >= 15 is 0 Å². The lowest BCUT2D eigenvalue weighted by Crippen LogP contribution is -2.46. The molecule has 1 saturated heterocycles. The van der Waals surface area contributed by atoms with E-state index in [2.05, 4.69) is 45.3 Å². The molecule has 1 aromatic heterocycles. The molecule has 1 fully saturated rings. The van der Waals surface area contributed by atoms with Gasteiger partial charge in [-0.2, -0.15) is 10.4 Å². The Morgan fingerprint density at radius 2 is 1.90 bits per heavy atom. The highest BCUT2D eigenvalue weighted by atomic mass is 28.3. The fourth-order valence-corrected chi connectivity index (χ4v) is 7.48. The van der Waals surface area contributed by atoms with E-state index in [4.69, 9.17) is 20.3 Å². The number of methoxy groups -OCH3 is 1. The standard InChI is InChI=1S/C29H35N5O4Si/c1-29(2,3)39(5,6)23-17-38-28(36)25(23)34-26(31)21(15-30)24(33-34)19-13-11-18(12-14-19)16-32-27(35)20-9-7-8-10-22(20)37-4/h7-14,23,25H,16-17,31H2,1-6H3,(H,32,35). The van der Waals surface area contributed by atoms with Crippen molar-refractivity contribution >= 4 is 25.8 Å². The van der Waals surface area contributed by atoms with Gasteiger partial charge >= 0.3 is 5.97 Å². The molecule has 4 rings (SSSR count). The maximum Gasteiger partial charge on any atom is 0.331 e. The van der Waals surface area contributed by atoms with Crippen molar-refractivity contribution in [1.82, 2.24) is 15.1 Å². The van der Waals surface area contributed by atoms with Gasteiger partial charge in [-0.05, 0) is 22.7 Å². The summed E-state index contributed by atoms with van der Waals surface area (Å²) in [5, 5.41) is 17.6. The van der Waals surface area contributed by atoms with E-state index in [-0.39, 0.29) is 33.8 Å². The van der Waals surface area contributed by atoms with E-state index in [0.717, 1.165) is 5.56 Å². The summed E-state index contributed by atoms with van der Waals surface area (Å²) in [4.78, 5) is 25.6. The Balaban J connectivity index is 1.59. The number of cyclic esters (lactones) is 1. The molecule has 2 heterocycles. The molecule has 204 valence electrons. The molecule has 1 aliphatic rings. The van der Waals surface area contributed by atoms with Crippen LogP contribution in [0.3, 0.4) is 0 Å². The summed E-state index contributed by atoms with van der Waals surface area (Å²) in [5.41, 5.74) is 9.03. The number of esters is 1. The van der Waals surface area contributed by atoms with Crippen LogP contribution >= 0.6 is 0 Å². The lowest BCUT2D eigenvalue weighted by molar-refractivity contribution is -0.140. The summed E-state index contributed by atoms with van der Waals surface area (Å²) >= 11 is 0. The zero-order valence-electron chi connectivity index (χ0n) is 23.2. The van der Waals surface area contributed by atoms with Gasteiger partial charge in [0.2, 0.25) is 0 Å². The Labute approximate surface area is 229 Å². The van der Waals surface area contributed by atoms with Crippen molar-refractivity contribution in [2.24, 2.45) is 0 Å². The van der Waals surface area contributed by atoms with Crippen LogP contribution in [0.1, 0.15) is 48.3 Å². The molecule has 2 aromatic carbocycles. The maximum absolute atomic E-state index is 12.9. The highest BCUT2D eigenvalue weighted by Gasteiger charge is 2.53. The van der Waals surface area contributed by atoms with Crippen molar-refractivity contribution < 1.29 is 19.1 Å². The fraction of sp³-hybridized carbons (Fsp3) is 0.379. The third-order valence-corrected chi connectivity index (χ3v) is 14.4. The van der Waals surface area contributed by atoms with Gasteiger partial charge < -0.3 is 20.5 Å². The second-order valence-corrected chi connectivity index (χ2v) is 17.1. The van der Waals surface area contributed by atoms with Gasteiger partial charge in [0.15, 0.2) is 6.04 Å². The van der Waals surface area contributed by atoms with Crippen molar-refractivity contribution in [3.05, 3.63) is 65.2 Å². The van der Waals surface area contributed by atoms with E-state index in [1.54, 1.807) is 24.3 Å². The van der Waals surface area contributed by atoms with Gasteiger partial charge in [0, 0.05) is 17.6 Å². The third-order valence-electron chi connectivity index (χ3n) is 8.24.